The highest BCUT2D eigenvalue weighted by Crippen LogP contribution is 2.25. The molecule has 0 aliphatic carbocycles. The topological polar surface area (TPSA) is 88.9 Å². The second kappa shape index (κ2) is 10.1. The Kier molecular flexibility index (Phi) is 6.84. The normalized spacial score (nSPS) is 10.7. The number of benzene rings is 2. The minimum atomic E-state index is -0.526. The average molecular weight is 468 g/mol. The van der Waals surface area contributed by atoms with Crippen molar-refractivity contribution in [3.05, 3.63) is 89.1 Å². The molecule has 0 spiro atoms. The van der Waals surface area contributed by atoms with Crippen molar-refractivity contribution in [1.82, 2.24) is 25.4 Å². The van der Waals surface area contributed by atoms with Crippen molar-refractivity contribution < 1.29 is 18.4 Å². The van der Waals surface area contributed by atoms with Crippen LogP contribution in [0.3, 0.4) is 0 Å². The Labute approximate surface area is 192 Å². The molecule has 7 nitrogen and oxygen atoms in total. The highest BCUT2D eigenvalue weighted by molar-refractivity contribution is 7.13. The number of thiophene rings is 1. The fourth-order valence-electron chi connectivity index (χ4n) is 3.11. The summed E-state index contributed by atoms with van der Waals surface area (Å²) in [5.41, 5.74) is 0.999. The standard InChI is InChI=1S/C23H19F2N5O2S/c24-16-5-1-4-15(12-16)13-20(31)26-9-10-27-23(32)21-28-22(19-8-3-11-33-19)30(29-21)18-7-2-6-17(25)14-18/h1-8,11-12,14H,9-10,13H2,(H,26,31)(H,27,32). The van der Waals surface area contributed by atoms with Crippen LogP contribution in [-0.2, 0) is 11.2 Å². The van der Waals surface area contributed by atoms with Gasteiger partial charge in [-0.15, -0.1) is 16.4 Å². The Hall–Kier alpha value is -3.92. The summed E-state index contributed by atoms with van der Waals surface area (Å²) in [5, 5.41) is 11.5. The number of rotatable bonds is 8. The lowest BCUT2D eigenvalue weighted by atomic mass is 10.1. The van der Waals surface area contributed by atoms with Crippen LogP contribution < -0.4 is 10.6 Å². The largest absolute Gasteiger partial charge is 0.354 e. The first kappa shape index (κ1) is 22.3. The molecule has 0 unspecified atom stereocenters. The van der Waals surface area contributed by atoms with Gasteiger partial charge in [0.1, 0.15) is 11.6 Å². The van der Waals surface area contributed by atoms with Gasteiger partial charge in [-0.25, -0.2) is 18.4 Å². The van der Waals surface area contributed by atoms with Crippen molar-refractivity contribution in [2.24, 2.45) is 0 Å². The number of nitrogens with zero attached hydrogens (tertiary/aromatic N) is 3. The summed E-state index contributed by atoms with van der Waals surface area (Å²) >= 11 is 1.42. The maximum Gasteiger partial charge on any atom is 0.291 e. The quantitative estimate of drug-likeness (QED) is 0.389. The van der Waals surface area contributed by atoms with Gasteiger partial charge in [0, 0.05) is 13.1 Å². The minimum absolute atomic E-state index is 0.0372. The number of halogens is 2. The molecule has 2 aromatic carbocycles. The van der Waals surface area contributed by atoms with Crippen LogP contribution in [0.2, 0.25) is 0 Å². The van der Waals surface area contributed by atoms with Gasteiger partial charge in [-0.3, -0.25) is 9.59 Å². The Morgan fingerprint density at radius 3 is 2.42 bits per heavy atom. The van der Waals surface area contributed by atoms with Crippen LogP contribution in [0.25, 0.3) is 16.4 Å². The van der Waals surface area contributed by atoms with Crippen LogP contribution in [0.15, 0.2) is 66.0 Å². The molecule has 2 heterocycles. The zero-order chi connectivity index (χ0) is 23.2. The van der Waals surface area contributed by atoms with Crippen molar-refractivity contribution in [3.8, 4) is 16.4 Å². The molecular weight excluding hydrogens is 448 g/mol. The molecule has 10 heteroatoms. The fourth-order valence-corrected chi connectivity index (χ4v) is 3.81. The van der Waals surface area contributed by atoms with Crippen molar-refractivity contribution >= 4 is 23.2 Å². The van der Waals surface area contributed by atoms with Crippen LogP contribution in [0.1, 0.15) is 16.2 Å². The third-order valence-electron chi connectivity index (χ3n) is 4.59. The van der Waals surface area contributed by atoms with Crippen molar-refractivity contribution in [1.29, 1.82) is 0 Å². The van der Waals surface area contributed by atoms with Crippen molar-refractivity contribution in [2.45, 2.75) is 6.42 Å². The van der Waals surface area contributed by atoms with E-state index in [2.05, 4.69) is 20.7 Å². The van der Waals surface area contributed by atoms with Gasteiger partial charge in [0.15, 0.2) is 5.82 Å². The molecule has 168 valence electrons. The van der Waals surface area contributed by atoms with E-state index in [1.165, 1.54) is 40.3 Å². The van der Waals surface area contributed by atoms with E-state index >= 15 is 0 Å². The van der Waals surface area contributed by atoms with Gasteiger partial charge in [-0.2, -0.15) is 0 Å². The number of amides is 2. The lowest BCUT2D eigenvalue weighted by Gasteiger charge is -2.06. The Balaban J connectivity index is 1.38. The van der Waals surface area contributed by atoms with Gasteiger partial charge in [0.05, 0.1) is 17.0 Å². The Morgan fingerprint density at radius 1 is 0.939 bits per heavy atom. The van der Waals surface area contributed by atoms with Crippen LogP contribution >= 0.6 is 11.3 Å². The molecule has 4 rings (SSSR count). The number of hydrogen-bond donors (Lipinski definition) is 2. The molecular formula is C23H19F2N5O2S. The zero-order valence-electron chi connectivity index (χ0n) is 17.3. The molecule has 0 saturated heterocycles. The lowest BCUT2D eigenvalue weighted by molar-refractivity contribution is -0.120. The summed E-state index contributed by atoms with van der Waals surface area (Å²) in [5.74, 6) is -1.30. The van der Waals surface area contributed by atoms with Crippen LogP contribution in [0.4, 0.5) is 8.78 Å². The Bertz CT molecular complexity index is 1270. The number of aromatic nitrogens is 3. The molecule has 0 aliphatic heterocycles. The smallest absolute Gasteiger partial charge is 0.291 e. The number of hydrogen-bond acceptors (Lipinski definition) is 5. The predicted octanol–water partition coefficient (Wildman–Crippen LogP) is 3.36. The molecule has 0 fully saturated rings. The maximum absolute atomic E-state index is 13.7. The van der Waals surface area contributed by atoms with Crippen LogP contribution in [0.5, 0.6) is 0 Å². The zero-order valence-corrected chi connectivity index (χ0v) is 18.1. The van der Waals surface area contributed by atoms with E-state index in [0.29, 0.717) is 17.1 Å². The van der Waals surface area contributed by atoms with E-state index in [4.69, 9.17) is 0 Å². The van der Waals surface area contributed by atoms with E-state index in [1.54, 1.807) is 24.3 Å². The summed E-state index contributed by atoms with van der Waals surface area (Å²) in [6.07, 6.45) is 0.0372. The number of nitrogens with one attached hydrogen (secondary N) is 2. The molecule has 0 bridgehead atoms. The first-order valence-electron chi connectivity index (χ1n) is 10.1. The lowest BCUT2D eigenvalue weighted by Crippen LogP contribution is -2.35. The SMILES string of the molecule is O=C(Cc1cccc(F)c1)NCCNC(=O)c1nc(-c2cccs2)n(-c2cccc(F)c2)n1. The third kappa shape index (κ3) is 5.66. The third-order valence-corrected chi connectivity index (χ3v) is 5.46. The van der Waals surface area contributed by atoms with Gasteiger partial charge < -0.3 is 10.6 Å². The molecule has 0 radical (unpaired) electrons. The van der Waals surface area contributed by atoms with Gasteiger partial charge in [0.25, 0.3) is 5.91 Å². The highest BCUT2D eigenvalue weighted by Gasteiger charge is 2.19. The van der Waals surface area contributed by atoms with Gasteiger partial charge >= 0.3 is 0 Å². The molecule has 0 saturated carbocycles. The summed E-state index contributed by atoms with van der Waals surface area (Å²) < 4.78 is 28.4. The van der Waals surface area contributed by atoms with Gasteiger partial charge in [-0.1, -0.05) is 24.3 Å². The van der Waals surface area contributed by atoms with Gasteiger partial charge in [0.2, 0.25) is 11.7 Å². The van der Waals surface area contributed by atoms with E-state index in [-0.39, 0.29) is 31.2 Å². The first-order chi connectivity index (χ1) is 16.0. The Morgan fingerprint density at radius 2 is 1.70 bits per heavy atom. The first-order valence-corrected chi connectivity index (χ1v) is 10.9. The second-order valence-corrected chi connectivity index (χ2v) is 7.99. The van der Waals surface area contributed by atoms with E-state index in [1.807, 2.05) is 17.5 Å². The summed E-state index contributed by atoms with van der Waals surface area (Å²) in [6.45, 7) is 0.332. The van der Waals surface area contributed by atoms with Crippen molar-refractivity contribution in [3.63, 3.8) is 0 Å². The summed E-state index contributed by atoms with van der Waals surface area (Å²) in [7, 11) is 0. The molecule has 0 atom stereocenters. The average Bonchev–Trinajstić information content (AvgIpc) is 3.46. The molecule has 2 aromatic heterocycles. The van der Waals surface area contributed by atoms with Crippen molar-refractivity contribution in [2.75, 3.05) is 13.1 Å². The predicted molar refractivity (Wildman–Crippen MR) is 120 cm³/mol. The fraction of sp³-hybridized carbons (Fsp3) is 0.130. The molecule has 4 aromatic rings. The van der Waals surface area contributed by atoms with E-state index in [0.717, 1.165) is 4.88 Å². The number of carbonyl (C=O) groups excluding carboxylic acids is 2. The van der Waals surface area contributed by atoms with E-state index < -0.39 is 17.5 Å². The van der Waals surface area contributed by atoms with Gasteiger partial charge in [-0.05, 0) is 47.3 Å². The summed E-state index contributed by atoms with van der Waals surface area (Å²) in [4.78, 5) is 29.7. The van der Waals surface area contributed by atoms with Crippen LogP contribution in [-0.4, -0.2) is 39.7 Å². The monoisotopic (exact) mass is 467 g/mol. The number of carbonyl (C=O) groups is 2. The maximum atomic E-state index is 13.7. The molecule has 33 heavy (non-hydrogen) atoms. The highest BCUT2D eigenvalue weighted by atomic mass is 32.1. The minimum Gasteiger partial charge on any atom is -0.354 e. The summed E-state index contributed by atoms with van der Waals surface area (Å²) in [6, 6.07) is 15.3. The van der Waals surface area contributed by atoms with E-state index in [9.17, 15) is 18.4 Å². The molecule has 2 N–H and O–H groups in total. The molecule has 0 aliphatic rings. The van der Waals surface area contributed by atoms with Crippen LogP contribution in [0, 0.1) is 11.6 Å². The second-order valence-electron chi connectivity index (χ2n) is 7.04. The molecule has 2 amide bonds.